The van der Waals surface area contributed by atoms with E-state index in [4.69, 9.17) is 15.7 Å². The van der Waals surface area contributed by atoms with Gasteiger partial charge in [-0.15, -0.1) is 0 Å². The number of hydrogen-bond acceptors (Lipinski definition) is 5. The molecule has 0 fully saturated rings. The predicted octanol–water partition coefficient (Wildman–Crippen LogP) is 1.12. The van der Waals surface area contributed by atoms with E-state index >= 15 is 0 Å². The van der Waals surface area contributed by atoms with Gasteiger partial charge < -0.3 is 14.6 Å². The molecule has 1 amide bonds. The van der Waals surface area contributed by atoms with Gasteiger partial charge in [-0.3, -0.25) is 0 Å². The van der Waals surface area contributed by atoms with E-state index in [0.29, 0.717) is 10.6 Å². The summed E-state index contributed by atoms with van der Waals surface area (Å²) >= 11 is 0. The topological polar surface area (TPSA) is 102 Å². The molecule has 0 aliphatic heterocycles. The molecule has 3 N–H and O–H groups in total. The van der Waals surface area contributed by atoms with Crippen LogP contribution in [0.25, 0.3) is 0 Å². The molecule has 0 bridgehead atoms. The van der Waals surface area contributed by atoms with Crippen molar-refractivity contribution >= 4 is 12.1 Å². The number of hydrogen-bond donors (Lipinski definition) is 2. The molecule has 2 unspecified atom stereocenters. The number of amides is 1. The monoisotopic (exact) mass is 268 g/mol. The molecule has 7 heteroatoms. The summed E-state index contributed by atoms with van der Waals surface area (Å²) in [6.07, 6.45) is -3.39. The van der Waals surface area contributed by atoms with Crippen LogP contribution in [0.4, 0.5) is 4.79 Å². The van der Waals surface area contributed by atoms with Gasteiger partial charge in [-0.2, -0.15) is 0 Å². The number of rotatable bonds is 5. The average molecular weight is 268 g/mol. The molecule has 7 nitrogen and oxygen atoms in total. The second-order valence-corrected chi connectivity index (χ2v) is 3.74. The summed E-state index contributed by atoms with van der Waals surface area (Å²) in [5.41, 5.74) is 0.556. The van der Waals surface area contributed by atoms with Crippen molar-refractivity contribution in [1.29, 1.82) is 0 Å². The zero-order chi connectivity index (χ0) is 14.4. The van der Waals surface area contributed by atoms with Gasteiger partial charge in [0.2, 0.25) is 0 Å². The largest absolute Gasteiger partial charge is 0.467 e. The van der Waals surface area contributed by atoms with Crippen molar-refractivity contribution in [2.24, 2.45) is 5.84 Å². The van der Waals surface area contributed by atoms with Crippen molar-refractivity contribution in [2.75, 3.05) is 7.11 Å². The van der Waals surface area contributed by atoms with Crippen LogP contribution in [0, 0.1) is 0 Å². The number of ether oxygens (including phenoxy) is 2. The number of benzene rings is 1. The molecule has 0 aliphatic carbocycles. The van der Waals surface area contributed by atoms with Gasteiger partial charge in [0.15, 0.2) is 6.10 Å². The highest BCUT2D eigenvalue weighted by atomic mass is 16.6. The Morgan fingerprint density at radius 2 is 1.89 bits per heavy atom. The first-order valence-corrected chi connectivity index (χ1v) is 5.52. The Morgan fingerprint density at radius 3 is 2.37 bits per heavy atom. The Morgan fingerprint density at radius 1 is 1.32 bits per heavy atom. The van der Waals surface area contributed by atoms with Crippen LogP contribution in [0.3, 0.4) is 0 Å². The van der Waals surface area contributed by atoms with Crippen LogP contribution >= 0.6 is 0 Å². The van der Waals surface area contributed by atoms with Crippen molar-refractivity contribution in [1.82, 2.24) is 5.01 Å². The van der Waals surface area contributed by atoms with Gasteiger partial charge in [0.1, 0.15) is 6.23 Å². The summed E-state index contributed by atoms with van der Waals surface area (Å²) in [5.74, 6) is 4.66. The fourth-order valence-corrected chi connectivity index (χ4v) is 1.42. The second kappa shape index (κ2) is 6.72. The highest BCUT2D eigenvalue weighted by Crippen LogP contribution is 2.21. The van der Waals surface area contributed by atoms with Crippen molar-refractivity contribution in [2.45, 2.75) is 19.3 Å². The number of esters is 1. The highest BCUT2D eigenvalue weighted by Gasteiger charge is 2.27. The molecule has 0 aliphatic rings. The predicted molar refractivity (Wildman–Crippen MR) is 65.8 cm³/mol. The third-order valence-corrected chi connectivity index (χ3v) is 2.46. The van der Waals surface area contributed by atoms with Crippen LogP contribution in [-0.2, 0) is 14.3 Å². The van der Waals surface area contributed by atoms with Crippen molar-refractivity contribution in [3.05, 3.63) is 35.9 Å². The molecular weight excluding hydrogens is 252 g/mol. The third kappa shape index (κ3) is 3.94. The minimum atomic E-state index is -1.36. The maximum absolute atomic E-state index is 11.7. The van der Waals surface area contributed by atoms with Gasteiger partial charge in [-0.05, 0) is 12.5 Å². The molecule has 0 saturated carbocycles. The maximum atomic E-state index is 11.7. The highest BCUT2D eigenvalue weighted by molar-refractivity contribution is 5.76. The number of hydrazine groups is 1. The van der Waals surface area contributed by atoms with E-state index in [1.807, 2.05) is 0 Å². The van der Waals surface area contributed by atoms with E-state index in [9.17, 15) is 9.59 Å². The second-order valence-electron chi connectivity index (χ2n) is 3.74. The Labute approximate surface area is 110 Å². The Hall–Kier alpha value is -2.12. The summed E-state index contributed by atoms with van der Waals surface area (Å²) in [4.78, 5) is 22.4. The quantitative estimate of drug-likeness (QED) is 0.273. The molecule has 1 rings (SSSR count). The van der Waals surface area contributed by atoms with E-state index in [2.05, 4.69) is 4.74 Å². The number of carbonyl (C=O) groups excluding carboxylic acids is 1. The number of carbonyl (C=O) groups is 2. The lowest BCUT2D eigenvalue weighted by molar-refractivity contribution is -0.165. The Kier molecular flexibility index (Phi) is 5.28. The molecule has 104 valence electrons. The van der Waals surface area contributed by atoms with E-state index < -0.39 is 24.4 Å². The van der Waals surface area contributed by atoms with Crippen molar-refractivity contribution in [3.8, 4) is 0 Å². The Balaban J connectivity index is 2.88. The minimum Gasteiger partial charge on any atom is -0.467 e. The third-order valence-electron chi connectivity index (χ3n) is 2.46. The van der Waals surface area contributed by atoms with Gasteiger partial charge >= 0.3 is 12.1 Å². The van der Waals surface area contributed by atoms with Gasteiger partial charge in [0.05, 0.1) is 7.11 Å². The van der Waals surface area contributed by atoms with Crippen LogP contribution in [0.1, 0.15) is 18.6 Å². The van der Waals surface area contributed by atoms with Crippen LogP contribution in [0.2, 0.25) is 0 Å². The minimum absolute atomic E-state index is 0.471. The van der Waals surface area contributed by atoms with Crippen molar-refractivity contribution in [3.63, 3.8) is 0 Å². The molecule has 0 spiro atoms. The summed E-state index contributed by atoms with van der Waals surface area (Å²) in [5, 5.41) is 9.21. The lowest BCUT2D eigenvalue weighted by Gasteiger charge is -2.25. The smallest absolute Gasteiger partial charge is 0.423 e. The van der Waals surface area contributed by atoms with E-state index in [1.54, 1.807) is 30.3 Å². The first-order chi connectivity index (χ1) is 8.97. The number of carboxylic acid groups (broad SMARTS) is 1. The molecule has 1 aromatic rings. The van der Waals surface area contributed by atoms with Gasteiger partial charge in [-0.25, -0.2) is 20.4 Å². The normalized spacial score (nSPS) is 13.4. The number of nitrogens with two attached hydrogens (primary N) is 1. The molecular formula is C12H16N2O5. The lowest BCUT2D eigenvalue weighted by Crippen LogP contribution is -2.45. The first kappa shape index (κ1) is 14.9. The molecule has 19 heavy (non-hydrogen) atoms. The summed E-state index contributed by atoms with van der Waals surface area (Å²) in [7, 11) is 1.23. The SMILES string of the molecule is COC(=O)C(OC(C)N(N)C(=O)O)c1ccccc1. The molecule has 0 radical (unpaired) electrons. The average Bonchev–Trinajstić information content (AvgIpc) is 2.43. The zero-order valence-electron chi connectivity index (χ0n) is 10.6. The lowest BCUT2D eigenvalue weighted by atomic mass is 10.1. The standard InChI is InChI=1S/C12H16N2O5/c1-8(14(13)12(16)17)19-10(11(15)18-2)9-6-4-3-5-7-9/h3-8,10H,13H2,1-2H3,(H,16,17). The molecule has 0 heterocycles. The first-order valence-electron chi connectivity index (χ1n) is 5.52. The fourth-order valence-electron chi connectivity index (χ4n) is 1.42. The van der Waals surface area contributed by atoms with E-state index in [-0.39, 0.29) is 0 Å². The van der Waals surface area contributed by atoms with E-state index in [1.165, 1.54) is 14.0 Å². The van der Waals surface area contributed by atoms with Gasteiger partial charge in [0, 0.05) is 0 Å². The summed E-state index contributed by atoms with van der Waals surface area (Å²) in [6.45, 7) is 1.42. The summed E-state index contributed by atoms with van der Waals surface area (Å²) in [6, 6.07) is 8.60. The van der Waals surface area contributed by atoms with Crippen LogP contribution < -0.4 is 5.84 Å². The van der Waals surface area contributed by atoms with Crippen LogP contribution in [0.5, 0.6) is 0 Å². The van der Waals surface area contributed by atoms with Gasteiger partial charge in [0.25, 0.3) is 0 Å². The van der Waals surface area contributed by atoms with Crippen molar-refractivity contribution < 1.29 is 24.2 Å². The molecule has 1 aromatic carbocycles. The molecule has 0 aromatic heterocycles. The molecule has 0 saturated heterocycles. The fraction of sp³-hybridized carbons (Fsp3) is 0.333. The number of nitrogens with zero attached hydrogens (tertiary/aromatic N) is 1. The number of methoxy groups -OCH3 is 1. The molecule has 2 atom stereocenters. The Bertz CT molecular complexity index is 437. The zero-order valence-corrected chi connectivity index (χ0v) is 10.6. The van der Waals surface area contributed by atoms with Crippen LogP contribution in [0.15, 0.2) is 30.3 Å². The van der Waals surface area contributed by atoms with E-state index in [0.717, 1.165) is 0 Å². The summed E-state index contributed by atoms with van der Waals surface area (Å²) < 4.78 is 9.99. The maximum Gasteiger partial charge on any atom is 0.423 e. The van der Waals surface area contributed by atoms with Gasteiger partial charge in [-0.1, -0.05) is 30.3 Å². The van der Waals surface area contributed by atoms with Crippen LogP contribution in [-0.4, -0.2) is 35.5 Å².